The van der Waals surface area contributed by atoms with Gasteiger partial charge in [-0.05, 0) is 19.4 Å². The van der Waals surface area contributed by atoms with Gasteiger partial charge in [-0.3, -0.25) is 14.9 Å². The zero-order valence-electron chi connectivity index (χ0n) is 10.7. The van der Waals surface area contributed by atoms with Crippen LogP contribution in [0.2, 0.25) is 5.02 Å². The molecule has 6 nitrogen and oxygen atoms in total. The second-order valence-corrected chi connectivity index (χ2v) is 4.47. The maximum absolute atomic E-state index is 11.5. The molecule has 0 bridgehead atoms. The van der Waals surface area contributed by atoms with Crippen LogP contribution in [-0.4, -0.2) is 23.5 Å². The van der Waals surface area contributed by atoms with Crippen LogP contribution in [0.1, 0.15) is 20.3 Å². The van der Waals surface area contributed by atoms with Crippen molar-refractivity contribution in [1.29, 1.82) is 0 Å². The summed E-state index contributed by atoms with van der Waals surface area (Å²) in [6.07, 6.45) is 0.795. The normalized spacial score (nSPS) is 11.7. The van der Waals surface area contributed by atoms with Crippen molar-refractivity contribution in [2.75, 3.05) is 6.61 Å². The summed E-state index contributed by atoms with van der Waals surface area (Å²) < 4.78 is 5.15. The van der Waals surface area contributed by atoms with Crippen LogP contribution in [0.15, 0.2) is 18.2 Å². The molecule has 1 atom stereocenters. The molecule has 1 aromatic carbocycles. The minimum atomic E-state index is -0.585. The average molecular weight is 287 g/mol. The van der Waals surface area contributed by atoms with Crippen molar-refractivity contribution in [3.05, 3.63) is 33.3 Å². The first-order valence-corrected chi connectivity index (χ1v) is 6.18. The van der Waals surface area contributed by atoms with Crippen LogP contribution in [0.25, 0.3) is 0 Å². The third-order valence-corrected chi connectivity index (χ3v) is 2.73. The van der Waals surface area contributed by atoms with Gasteiger partial charge in [0.1, 0.15) is 0 Å². The largest absolute Gasteiger partial charge is 0.477 e. The molecule has 19 heavy (non-hydrogen) atoms. The first-order chi connectivity index (χ1) is 8.93. The lowest BCUT2D eigenvalue weighted by Crippen LogP contribution is -2.35. The number of nitrogens with one attached hydrogen (secondary N) is 1. The SMILES string of the molecule is CCC(C)NC(=O)COc1cc(Cl)ccc1[N+](=O)[O-]. The first kappa shape index (κ1) is 15.2. The van der Waals surface area contributed by atoms with E-state index in [1.54, 1.807) is 0 Å². The van der Waals surface area contributed by atoms with Gasteiger partial charge in [-0.1, -0.05) is 18.5 Å². The van der Waals surface area contributed by atoms with Crippen LogP contribution < -0.4 is 10.1 Å². The molecule has 104 valence electrons. The predicted molar refractivity (Wildman–Crippen MR) is 71.5 cm³/mol. The Balaban J connectivity index is 2.69. The van der Waals surface area contributed by atoms with Gasteiger partial charge in [0.25, 0.3) is 5.91 Å². The van der Waals surface area contributed by atoms with E-state index < -0.39 is 4.92 Å². The summed E-state index contributed by atoms with van der Waals surface area (Å²) in [5.74, 6) is -0.347. The number of hydrogen-bond acceptors (Lipinski definition) is 4. The second-order valence-electron chi connectivity index (χ2n) is 4.03. The van der Waals surface area contributed by atoms with E-state index >= 15 is 0 Å². The van der Waals surface area contributed by atoms with Gasteiger partial charge < -0.3 is 10.1 Å². The molecule has 1 unspecified atom stereocenters. The number of nitrogens with zero attached hydrogens (tertiary/aromatic N) is 1. The van der Waals surface area contributed by atoms with Gasteiger partial charge in [0, 0.05) is 23.2 Å². The van der Waals surface area contributed by atoms with Crippen LogP contribution in [0.3, 0.4) is 0 Å². The summed E-state index contributed by atoms with van der Waals surface area (Å²) in [5, 5.41) is 13.8. The van der Waals surface area contributed by atoms with Gasteiger partial charge in [0.05, 0.1) is 4.92 Å². The Morgan fingerprint density at radius 2 is 2.26 bits per heavy atom. The number of benzene rings is 1. The Labute approximate surface area is 115 Å². The summed E-state index contributed by atoms with van der Waals surface area (Å²) in [4.78, 5) is 21.7. The molecule has 0 radical (unpaired) electrons. The lowest BCUT2D eigenvalue weighted by molar-refractivity contribution is -0.385. The molecule has 0 aliphatic carbocycles. The maximum atomic E-state index is 11.5. The fourth-order valence-corrected chi connectivity index (χ4v) is 1.48. The first-order valence-electron chi connectivity index (χ1n) is 5.80. The molecule has 0 heterocycles. The molecule has 0 aliphatic rings. The summed E-state index contributed by atoms with van der Waals surface area (Å²) in [6, 6.07) is 3.98. The monoisotopic (exact) mass is 286 g/mol. The van der Waals surface area contributed by atoms with Crippen molar-refractivity contribution in [1.82, 2.24) is 5.32 Å². The summed E-state index contributed by atoms with van der Waals surface area (Å²) in [6.45, 7) is 3.51. The van der Waals surface area contributed by atoms with Crippen LogP contribution in [0.4, 0.5) is 5.69 Å². The van der Waals surface area contributed by atoms with E-state index in [2.05, 4.69) is 5.32 Å². The number of hydrogen-bond donors (Lipinski definition) is 1. The number of ether oxygens (including phenoxy) is 1. The minimum absolute atomic E-state index is 0.0169. The Morgan fingerprint density at radius 3 is 2.84 bits per heavy atom. The Bertz CT molecular complexity index is 479. The highest BCUT2D eigenvalue weighted by molar-refractivity contribution is 6.30. The van der Waals surface area contributed by atoms with E-state index in [9.17, 15) is 14.9 Å². The molecular weight excluding hydrogens is 272 g/mol. The minimum Gasteiger partial charge on any atom is -0.477 e. The number of nitro groups is 1. The highest BCUT2D eigenvalue weighted by Crippen LogP contribution is 2.29. The number of carbonyl (C=O) groups excluding carboxylic acids is 1. The summed E-state index contributed by atoms with van der Waals surface area (Å²) in [7, 11) is 0. The number of halogens is 1. The molecular formula is C12H15ClN2O4. The van der Waals surface area contributed by atoms with Crippen molar-refractivity contribution in [2.45, 2.75) is 26.3 Å². The topological polar surface area (TPSA) is 81.5 Å². The highest BCUT2D eigenvalue weighted by atomic mass is 35.5. The van der Waals surface area contributed by atoms with Crippen LogP contribution >= 0.6 is 11.6 Å². The van der Waals surface area contributed by atoms with Gasteiger partial charge in [-0.25, -0.2) is 0 Å². The smallest absolute Gasteiger partial charge is 0.311 e. The molecule has 1 aromatic rings. The summed E-state index contributed by atoms with van der Waals surface area (Å²) >= 11 is 5.74. The maximum Gasteiger partial charge on any atom is 0.311 e. The average Bonchev–Trinajstić information content (AvgIpc) is 2.35. The van der Waals surface area contributed by atoms with Crippen LogP contribution in [-0.2, 0) is 4.79 Å². The van der Waals surface area contributed by atoms with Gasteiger partial charge in [0.15, 0.2) is 12.4 Å². The quantitative estimate of drug-likeness (QED) is 0.643. The van der Waals surface area contributed by atoms with Crippen molar-refractivity contribution >= 4 is 23.2 Å². The lowest BCUT2D eigenvalue weighted by Gasteiger charge is -2.12. The van der Waals surface area contributed by atoms with Crippen LogP contribution in [0.5, 0.6) is 5.75 Å². The molecule has 0 spiro atoms. The molecule has 0 saturated heterocycles. The van der Waals surface area contributed by atoms with Crippen LogP contribution in [0, 0.1) is 10.1 Å². The van der Waals surface area contributed by atoms with E-state index in [0.29, 0.717) is 5.02 Å². The molecule has 0 saturated carbocycles. The van der Waals surface area contributed by atoms with E-state index in [0.717, 1.165) is 6.42 Å². The second kappa shape index (κ2) is 6.94. The number of amides is 1. The number of nitro benzene ring substituents is 1. The van der Waals surface area contributed by atoms with E-state index in [-0.39, 0.29) is 30.0 Å². The third kappa shape index (κ3) is 4.75. The Hall–Kier alpha value is -1.82. The van der Waals surface area contributed by atoms with Crippen molar-refractivity contribution in [2.24, 2.45) is 0 Å². The number of carbonyl (C=O) groups is 1. The standard InChI is InChI=1S/C12H15ClN2O4/c1-3-8(2)14-12(16)7-19-11-6-9(13)4-5-10(11)15(17)18/h4-6,8H,3,7H2,1-2H3,(H,14,16). The Morgan fingerprint density at radius 1 is 1.58 bits per heavy atom. The van der Waals surface area contributed by atoms with Crippen molar-refractivity contribution in [3.63, 3.8) is 0 Å². The molecule has 1 rings (SSSR count). The van der Waals surface area contributed by atoms with Gasteiger partial charge in [-0.2, -0.15) is 0 Å². The number of rotatable bonds is 6. The van der Waals surface area contributed by atoms with E-state index in [1.165, 1.54) is 18.2 Å². The van der Waals surface area contributed by atoms with Gasteiger partial charge >= 0.3 is 5.69 Å². The van der Waals surface area contributed by atoms with Gasteiger partial charge in [0.2, 0.25) is 0 Å². The van der Waals surface area contributed by atoms with Crippen molar-refractivity contribution in [3.8, 4) is 5.75 Å². The zero-order valence-corrected chi connectivity index (χ0v) is 11.4. The fourth-order valence-electron chi connectivity index (χ4n) is 1.32. The van der Waals surface area contributed by atoms with Crippen molar-refractivity contribution < 1.29 is 14.5 Å². The van der Waals surface area contributed by atoms with E-state index in [1.807, 2.05) is 13.8 Å². The Kier molecular flexibility index (Phi) is 5.57. The van der Waals surface area contributed by atoms with E-state index in [4.69, 9.17) is 16.3 Å². The lowest BCUT2D eigenvalue weighted by atomic mass is 10.2. The molecule has 1 N–H and O–H groups in total. The molecule has 0 fully saturated rings. The van der Waals surface area contributed by atoms with Gasteiger partial charge in [-0.15, -0.1) is 0 Å². The zero-order chi connectivity index (χ0) is 14.4. The molecule has 0 aromatic heterocycles. The summed E-state index contributed by atoms with van der Waals surface area (Å²) in [5.41, 5.74) is -0.222. The fraction of sp³-hybridized carbons (Fsp3) is 0.417. The molecule has 0 aliphatic heterocycles. The third-order valence-electron chi connectivity index (χ3n) is 2.50. The predicted octanol–water partition coefficient (Wildman–Crippen LogP) is 2.54. The molecule has 1 amide bonds. The molecule has 7 heteroatoms. The highest BCUT2D eigenvalue weighted by Gasteiger charge is 2.16.